The highest BCUT2D eigenvalue weighted by Gasteiger charge is 2.18. The smallest absolute Gasteiger partial charge is 0.222 e. The molecule has 0 aromatic carbocycles. The molecule has 4 rings (SSSR count). The highest BCUT2D eigenvalue weighted by molar-refractivity contribution is 5.83. The Balaban J connectivity index is 1.63. The van der Waals surface area contributed by atoms with Gasteiger partial charge in [-0.05, 0) is 45.7 Å². The van der Waals surface area contributed by atoms with Crippen LogP contribution in [-0.4, -0.2) is 64.4 Å². The molecule has 1 aliphatic rings. The number of hydrogen-bond donors (Lipinski definition) is 1. The Hall–Kier alpha value is -2.71. The summed E-state index contributed by atoms with van der Waals surface area (Å²) in [6, 6.07) is 0. The second-order valence-corrected chi connectivity index (χ2v) is 8.25. The van der Waals surface area contributed by atoms with E-state index in [0.717, 1.165) is 85.0 Å². The molecule has 0 radical (unpaired) electrons. The molecule has 0 aliphatic carbocycles. The predicted octanol–water partition coefficient (Wildman–Crippen LogP) is 2.66. The van der Waals surface area contributed by atoms with Crippen molar-refractivity contribution in [2.24, 2.45) is 0 Å². The quantitative estimate of drug-likeness (QED) is 0.623. The molecule has 0 atom stereocenters. The van der Waals surface area contributed by atoms with E-state index in [2.05, 4.69) is 37.5 Å². The molecule has 1 fully saturated rings. The van der Waals surface area contributed by atoms with Crippen LogP contribution in [-0.2, 0) is 17.7 Å². The second kappa shape index (κ2) is 9.20. The first-order chi connectivity index (χ1) is 15.0. The standard InChI is InChI=1S/C23H32N6O2/c1-15-12-25-19(16(2)21(15)30-4)14-29-13-18(6-5-7-28-8-10-31-11-9-28)20-17(3)26-23(24)27-22(20)29/h12-13H,5-11,14H2,1-4H3,(H2,24,26,27). The lowest BCUT2D eigenvalue weighted by molar-refractivity contribution is 0.0375. The van der Waals surface area contributed by atoms with Crippen LogP contribution in [0.1, 0.15) is 34.5 Å². The lowest BCUT2D eigenvalue weighted by Gasteiger charge is -2.26. The minimum Gasteiger partial charge on any atom is -0.496 e. The maximum Gasteiger partial charge on any atom is 0.222 e. The molecule has 0 saturated carbocycles. The van der Waals surface area contributed by atoms with E-state index in [0.29, 0.717) is 12.5 Å². The Bertz CT molecular complexity index is 1070. The van der Waals surface area contributed by atoms with Gasteiger partial charge in [0.05, 0.1) is 38.3 Å². The van der Waals surface area contributed by atoms with Crippen LogP contribution in [0.2, 0.25) is 0 Å². The number of anilines is 1. The summed E-state index contributed by atoms with van der Waals surface area (Å²) in [5, 5.41) is 1.10. The zero-order valence-corrected chi connectivity index (χ0v) is 18.9. The molecular formula is C23H32N6O2. The van der Waals surface area contributed by atoms with Crippen molar-refractivity contribution in [2.45, 2.75) is 40.2 Å². The number of nitrogens with zero attached hydrogens (tertiary/aromatic N) is 5. The highest BCUT2D eigenvalue weighted by atomic mass is 16.5. The van der Waals surface area contributed by atoms with Gasteiger partial charge >= 0.3 is 0 Å². The molecule has 2 N–H and O–H groups in total. The molecule has 0 amide bonds. The van der Waals surface area contributed by atoms with Gasteiger partial charge in [0.1, 0.15) is 11.4 Å². The fraction of sp³-hybridized carbons (Fsp3) is 0.522. The molecule has 1 saturated heterocycles. The average Bonchev–Trinajstić information content (AvgIpc) is 3.09. The number of ether oxygens (including phenoxy) is 2. The lowest BCUT2D eigenvalue weighted by Crippen LogP contribution is -2.36. The molecule has 4 heterocycles. The summed E-state index contributed by atoms with van der Waals surface area (Å²) in [5.41, 5.74) is 12.1. The molecule has 1 aliphatic heterocycles. The largest absolute Gasteiger partial charge is 0.496 e. The minimum absolute atomic E-state index is 0.301. The van der Waals surface area contributed by atoms with E-state index >= 15 is 0 Å². The molecule has 166 valence electrons. The van der Waals surface area contributed by atoms with Crippen molar-refractivity contribution in [3.63, 3.8) is 0 Å². The Morgan fingerprint density at radius 1 is 1.16 bits per heavy atom. The number of hydrogen-bond acceptors (Lipinski definition) is 7. The normalized spacial score (nSPS) is 15.0. The third kappa shape index (κ3) is 4.50. The van der Waals surface area contributed by atoms with Crippen molar-refractivity contribution in [1.29, 1.82) is 0 Å². The van der Waals surface area contributed by atoms with Gasteiger partial charge in [0.15, 0.2) is 0 Å². The van der Waals surface area contributed by atoms with Crippen LogP contribution in [0.3, 0.4) is 0 Å². The molecule has 0 bridgehead atoms. The summed E-state index contributed by atoms with van der Waals surface area (Å²) in [6.07, 6.45) is 6.11. The number of aryl methyl sites for hydroxylation is 3. The predicted molar refractivity (Wildman–Crippen MR) is 122 cm³/mol. The Morgan fingerprint density at radius 3 is 2.68 bits per heavy atom. The summed E-state index contributed by atoms with van der Waals surface area (Å²) in [4.78, 5) is 16.2. The summed E-state index contributed by atoms with van der Waals surface area (Å²) < 4.78 is 13.2. The van der Waals surface area contributed by atoms with Gasteiger partial charge in [-0.2, -0.15) is 4.98 Å². The number of rotatable bonds is 7. The van der Waals surface area contributed by atoms with Gasteiger partial charge in [-0.3, -0.25) is 9.88 Å². The summed E-state index contributed by atoms with van der Waals surface area (Å²) in [5.74, 6) is 1.19. The first-order valence-electron chi connectivity index (χ1n) is 10.9. The van der Waals surface area contributed by atoms with E-state index in [4.69, 9.17) is 15.2 Å². The van der Waals surface area contributed by atoms with Crippen LogP contribution in [0.5, 0.6) is 5.75 Å². The number of aromatic nitrogens is 4. The van der Waals surface area contributed by atoms with Crippen molar-refractivity contribution in [3.8, 4) is 5.75 Å². The second-order valence-electron chi connectivity index (χ2n) is 8.25. The summed E-state index contributed by atoms with van der Waals surface area (Å²) in [7, 11) is 1.70. The molecule has 8 heteroatoms. The fourth-order valence-corrected chi connectivity index (χ4v) is 4.50. The number of methoxy groups -OCH3 is 1. The van der Waals surface area contributed by atoms with E-state index in [-0.39, 0.29) is 0 Å². The van der Waals surface area contributed by atoms with Gasteiger partial charge in [0.25, 0.3) is 0 Å². The van der Waals surface area contributed by atoms with Crippen LogP contribution in [0.15, 0.2) is 12.4 Å². The average molecular weight is 425 g/mol. The maximum absolute atomic E-state index is 6.00. The van der Waals surface area contributed by atoms with Crippen molar-refractivity contribution in [2.75, 3.05) is 45.7 Å². The van der Waals surface area contributed by atoms with Gasteiger partial charge in [0.2, 0.25) is 5.95 Å². The van der Waals surface area contributed by atoms with Crippen LogP contribution in [0, 0.1) is 20.8 Å². The van der Waals surface area contributed by atoms with Crippen LogP contribution in [0.25, 0.3) is 11.0 Å². The van der Waals surface area contributed by atoms with Gasteiger partial charge in [-0.15, -0.1) is 0 Å². The number of morpholine rings is 1. The topological polar surface area (TPSA) is 91.3 Å². The monoisotopic (exact) mass is 424 g/mol. The van der Waals surface area contributed by atoms with Crippen LogP contribution >= 0.6 is 0 Å². The molecule has 3 aromatic heterocycles. The van der Waals surface area contributed by atoms with Gasteiger partial charge in [0, 0.05) is 42.0 Å². The van der Waals surface area contributed by atoms with Gasteiger partial charge in [-0.25, -0.2) is 4.98 Å². The molecule has 31 heavy (non-hydrogen) atoms. The van der Waals surface area contributed by atoms with E-state index in [1.807, 2.05) is 20.0 Å². The zero-order chi connectivity index (χ0) is 22.0. The highest BCUT2D eigenvalue weighted by Crippen LogP contribution is 2.28. The van der Waals surface area contributed by atoms with Gasteiger partial charge < -0.3 is 19.8 Å². The number of nitrogen functional groups attached to an aromatic ring is 1. The van der Waals surface area contributed by atoms with Crippen molar-refractivity contribution in [3.05, 3.63) is 40.5 Å². The number of pyridine rings is 1. The third-order valence-corrected chi connectivity index (χ3v) is 6.09. The van der Waals surface area contributed by atoms with E-state index in [9.17, 15) is 0 Å². The van der Waals surface area contributed by atoms with E-state index < -0.39 is 0 Å². The Morgan fingerprint density at radius 2 is 1.94 bits per heavy atom. The minimum atomic E-state index is 0.301. The first-order valence-corrected chi connectivity index (χ1v) is 10.9. The van der Waals surface area contributed by atoms with E-state index in [1.54, 1.807) is 7.11 Å². The van der Waals surface area contributed by atoms with Crippen molar-refractivity contribution < 1.29 is 9.47 Å². The Labute approximate surface area is 183 Å². The molecule has 3 aromatic rings. The Kier molecular flexibility index (Phi) is 6.38. The first kappa shape index (κ1) is 21.5. The summed E-state index contributed by atoms with van der Waals surface area (Å²) in [6.45, 7) is 11.4. The number of nitrogens with two attached hydrogens (primary N) is 1. The number of fused-ring (bicyclic) bond motifs is 1. The van der Waals surface area contributed by atoms with Crippen LogP contribution < -0.4 is 10.5 Å². The van der Waals surface area contributed by atoms with Crippen molar-refractivity contribution >= 4 is 17.0 Å². The maximum atomic E-state index is 6.00. The van der Waals surface area contributed by atoms with Crippen LogP contribution in [0.4, 0.5) is 5.95 Å². The SMILES string of the molecule is COc1c(C)cnc(Cn2cc(CCCN3CCOCC3)c3c(C)nc(N)nc32)c1C. The van der Waals surface area contributed by atoms with Gasteiger partial charge in [-0.1, -0.05) is 0 Å². The zero-order valence-electron chi connectivity index (χ0n) is 18.9. The molecule has 8 nitrogen and oxygen atoms in total. The van der Waals surface area contributed by atoms with Crippen molar-refractivity contribution in [1.82, 2.24) is 24.4 Å². The lowest BCUT2D eigenvalue weighted by atomic mass is 10.1. The third-order valence-electron chi connectivity index (χ3n) is 6.09. The molecule has 0 unspecified atom stereocenters. The van der Waals surface area contributed by atoms with E-state index in [1.165, 1.54) is 5.56 Å². The molecular weight excluding hydrogens is 392 g/mol. The molecule has 0 spiro atoms. The summed E-state index contributed by atoms with van der Waals surface area (Å²) >= 11 is 0. The fourth-order valence-electron chi connectivity index (χ4n) is 4.50.